The zero-order valence-corrected chi connectivity index (χ0v) is 17.2. The topological polar surface area (TPSA) is 71.9 Å². The van der Waals surface area contributed by atoms with Gasteiger partial charge in [-0.2, -0.15) is 0 Å². The number of likely N-dealkylation sites (N-methyl/N-ethyl adjacent to an activating group) is 1. The number of hydrogen-bond acceptors (Lipinski definition) is 3. The number of hydrogen-bond donors (Lipinski definition) is 3. The first-order valence-electron chi connectivity index (χ1n) is 9.91. The minimum atomic E-state index is -0.422. The van der Waals surface area contributed by atoms with Gasteiger partial charge in [-0.05, 0) is 48.0 Å². The Bertz CT molecular complexity index is 1010. The second-order valence-corrected chi connectivity index (χ2v) is 7.22. The Labute approximate surface area is 180 Å². The molecule has 2 amide bonds. The van der Waals surface area contributed by atoms with Crippen molar-refractivity contribution in [3.63, 3.8) is 0 Å². The number of quaternary nitrogens is 1. The van der Waals surface area contributed by atoms with Gasteiger partial charge >= 0.3 is 0 Å². The van der Waals surface area contributed by atoms with Crippen LogP contribution in [-0.4, -0.2) is 32.0 Å². The predicted molar refractivity (Wildman–Crippen MR) is 117 cm³/mol. The van der Waals surface area contributed by atoms with Gasteiger partial charge in [-0.1, -0.05) is 36.4 Å². The van der Waals surface area contributed by atoms with Crippen LogP contribution in [-0.2, 0) is 16.2 Å². The van der Waals surface area contributed by atoms with Crippen molar-refractivity contribution in [2.24, 2.45) is 0 Å². The molecular formula is C24H25FN3O3+. The summed E-state index contributed by atoms with van der Waals surface area (Å²) >= 11 is 0. The highest BCUT2D eigenvalue weighted by Gasteiger charge is 2.15. The number of halogens is 1. The standard InChI is InChI=1S/C24H24FN3O3/c1-28(16-24(30)27-21-9-5-8-19(25)14-21)15-23(29)26-20-10-12-22(13-11-20)31-17-18-6-3-2-4-7-18/h2-14H,15-17H2,1H3,(H,26,29)(H,27,30)/p+1. The molecule has 0 aliphatic carbocycles. The number of amides is 2. The van der Waals surface area contributed by atoms with E-state index < -0.39 is 5.82 Å². The minimum Gasteiger partial charge on any atom is -0.489 e. The first-order valence-corrected chi connectivity index (χ1v) is 9.91. The van der Waals surface area contributed by atoms with Crippen molar-refractivity contribution in [3.8, 4) is 5.75 Å². The maximum Gasteiger partial charge on any atom is 0.279 e. The summed E-state index contributed by atoms with van der Waals surface area (Å²) in [5, 5.41) is 5.43. The number of benzene rings is 3. The molecule has 3 aromatic rings. The molecule has 0 aromatic heterocycles. The third-order valence-corrected chi connectivity index (χ3v) is 4.42. The van der Waals surface area contributed by atoms with Gasteiger partial charge in [0.05, 0.1) is 7.05 Å². The van der Waals surface area contributed by atoms with E-state index in [1.807, 2.05) is 30.3 Å². The van der Waals surface area contributed by atoms with E-state index in [2.05, 4.69) is 10.6 Å². The fourth-order valence-corrected chi connectivity index (χ4v) is 2.96. The molecule has 160 valence electrons. The Hall–Kier alpha value is -3.71. The zero-order chi connectivity index (χ0) is 22.1. The Balaban J connectivity index is 1.41. The number of anilines is 2. The first-order chi connectivity index (χ1) is 15.0. The summed E-state index contributed by atoms with van der Waals surface area (Å²) in [7, 11) is 1.74. The second kappa shape index (κ2) is 10.9. The summed E-state index contributed by atoms with van der Waals surface area (Å²) in [6.07, 6.45) is 0. The van der Waals surface area contributed by atoms with Crippen LogP contribution in [0, 0.1) is 5.82 Å². The van der Waals surface area contributed by atoms with Crippen LogP contribution in [0.3, 0.4) is 0 Å². The maximum absolute atomic E-state index is 13.2. The van der Waals surface area contributed by atoms with Crippen LogP contribution >= 0.6 is 0 Å². The summed E-state index contributed by atoms with van der Waals surface area (Å²) in [6, 6.07) is 22.7. The lowest BCUT2D eigenvalue weighted by atomic mass is 10.2. The Morgan fingerprint density at radius 1 is 0.839 bits per heavy atom. The molecule has 0 fully saturated rings. The molecule has 31 heavy (non-hydrogen) atoms. The van der Waals surface area contributed by atoms with Crippen LogP contribution in [0.15, 0.2) is 78.9 Å². The molecular weight excluding hydrogens is 397 g/mol. The lowest BCUT2D eigenvalue weighted by molar-refractivity contribution is -0.862. The van der Waals surface area contributed by atoms with E-state index in [0.29, 0.717) is 28.6 Å². The normalized spacial score (nSPS) is 11.4. The lowest BCUT2D eigenvalue weighted by Gasteiger charge is -2.14. The summed E-state index contributed by atoms with van der Waals surface area (Å²) in [5.41, 5.74) is 2.11. The highest BCUT2D eigenvalue weighted by atomic mass is 19.1. The van der Waals surface area contributed by atoms with E-state index >= 15 is 0 Å². The fourth-order valence-electron chi connectivity index (χ4n) is 2.96. The molecule has 1 atom stereocenters. The van der Waals surface area contributed by atoms with Crippen molar-refractivity contribution in [1.82, 2.24) is 0 Å². The Kier molecular flexibility index (Phi) is 7.73. The largest absolute Gasteiger partial charge is 0.489 e. The molecule has 0 aliphatic heterocycles. The van der Waals surface area contributed by atoms with E-state index in [1.54, 1.807) is 37.4 Å². The second-order valence-electron chi connectivity index (χ2n) is 7.22. The van der Waals surface area contributed by atoms with Crippen LogP contribution in [0.1, 0.15) is 5.56 Å². The molecule has 0 heterocycles. The van der Waals surface area contributed by atoms with Crippen molar-refractivity contribution in [2.75, 3.05) is 30.8 Å². The zero-order valence-electron chi connectivity index (χ0n) is 17.2. The van der Waals surface area contributed by atoms with Gasteiger partial charge in [0.15, 0.2) is 13.1 Å². The fraction of sp³-hybridized carbons (Fsp3) is 0.167. The summed E-state index contributed by atoms with van der Waals surface area (Å²) in [5.74, 6) is -0.224. The van der Waals surface area contributed by atoms with Gasteiger partial charge in [0.25, 0.3) is 11.8 Å². The van der Waals surface area contributed by atoms with Crippen molar-refractivity contribution >= 4 is 23.2 Å². The first kappa shape index (κ1) is 22.0. The van der Waals surface area contributed by atoms with Gasteiger partial charge < -0.3 is 20.3 Å². The smallest absolute Gasteiger partial charge is 0.279 e. The van der Waals surface area contributed by atoms with Crippen molar-refractivity contribution in [1.29, 1.82) is 0 Å². The highest BCUT2D eigenvalue weighted by Crippen LogP contribution is 2.17. The Morgan fingerprint density at radius 2 is 1.48 bits per heavy atom. The molecule has 0 saturated carbocycles. The highest BCUT2D eigenvalue weighted by molar-refractivity contribution is 5.93. The minimum absolute atomic E-state index is 0.0796. The summed E-state index contributed by atoms with van der Waals surface area (Å²) < 4.78 is 18.9. The van der Waals surface area contributed by atoms with E-state index in [1.165, 1.54) is 18.2 Å². The van der Waals surface area contributed by atoms with Gasteiger partial charge in [-0.3, -0.25) is 9.59 Å². The SMILES string of the molecule is C[NH+](CC(=O)Nc1ccc(OCc2ccccc2)cc1)CC(=O)Nc1cccc(F)c1. The number of nitrogens with one attached hydrogen (secondary N) is 3. The maximum atomic E-state index is 13.2. The molecule has 3 N–H and O–H groups in total. The molecule has 3 aromatic carbocycles. The Morgan fingerprint density at radius 3 is 2.13 bits per heavy atom. The summed E-state index contributed by atoms with van der Waals surface area (Å²) in [4.78, 5) is 25.0. The van der Waals surface area contributed by atoms with E-state index in [9.17, 15) is 14.0 Å². The van der Waals surface area contributed by atoms with Gasteiger partial charge in [0, 0.05) is 11.4 Å². The van der Waals surface area contributed by atoms with Crippen LogP contribution in [0.2, 0.25) is 0 Å². The molecule has 0 aliphatic rings. The molecule has 0 radical (unpaired) electrons. The van der Waals surface area contributed by atoms with Gasteiger partial charge in [0.2, 0.25) is 0 Å². The third kappa shape index (κ3) is 7.56. The van der Waals surface area contributed by atoms with Crippen LogP contribution in [0.4, 0.5) is 15.8 Å². The molecule has 7 heteroatoms. The molecule has 3 rings (SSSR count). The quantitative estimate of drug-likeness (QED) is 0.496. The molecule has 1 unspecified atom stereocenters. The van der Waals surface area contributed by atoms with Gasteiger partial charge in [-0.25, -0.2) is 4.39 Å². The molecule has 0 saturated heterocycles. The van der Waals surface area contributed by atoms with E-state index in [-0.39, 0.29) is 24.9 Å². The molecule has 0 spiro atoms. The van der Waals surface area contributed by atoms with Crippen LogP contribution in [0.25, 0.3) is 0 Å². The van der Waals surface area contributed by atoms with E-state index in [4.69, 9.17) is 4.74 Å². The average molecular weight is 422 g/mol. The number of carbonyl (C=O) groups is 2. The summed E-state index contributed by atoms with van der Waals surface area (Å²) in [6.45, 7) is 0.664. The van der Waals surface area contributed by atoms with E-state index in [0.717, 1.165) is 5.56 Å². The van der Waals surface area contributed by atoms with Crippen LogP contribution < -0.4 is 20.3 Å². The van der Waals surface area contributed by atoms with Crippen molar-refractivity contribution < 1.29 is 23.6 Å². The molecule has 6 nitrogen and oxygen atoms in total. The van der Waals surface area contributed by atoms with Crippen LogP contribution in [0.5, 0.6) is 5.75 Å². The monoisotopic (exact) mass is 422 g/mol. The van der Waals surface area contributed by atoms with Gasteiger partial charge in [0.1, 0.15) is 18.2 Å². The third-order valence-electron chi connectivity index (χ3n) is 4.42. The number of rotatable bonds is 9. The number of carbonyl (C=O) groups excluding carboxylic acids is 2. The van der Waals surface area contributed by atoms with Gasteiger partial charge in [-0.15, -0.1) is 0 Å². The lowest BCUT2D eigenvalue weighted by Crippen LogP contribution is -3.11. The predicted octanol–water partition coefficient (Wildman–Crippen LogP) is 2.50. The number of ether oxygens (including phenoxy) is 1. The average Bonchev–Trinajstić information content (AvgIpc) is 2.73. The van der Waals surface area contributed by atoms with Crippen molar-refractivity contribution in [2.45, 2.75) is 6.61 Å². The molecule has 0 bridgehead atoms. The van der Waals surface area contributed by atoms with Crippen molar-refractivity contribution in [3.05, 3.63) is 90.2 Å².